The van der Waals surface area contributed by atoms with Gasteiger partial charge in [0.05, 0.1) is 0 Å². The molecular formula is C5H12N2O2. The lowest BCUT2D eigenvalue weighted by Gasteiger charge is -2.18. The summed E-state index contributed by atoms with van der Waals surface area (Å²) < 4.78 is 0. The zero-order valence-corrected chi connectivity index (χ0v) is 5.66. The summed E-state index contributed by atoms with van der Waals surface area (Å²) in [5.41, 5.74) is 0. The number of rotatable bonds is 2. The minimum Gasteiger partial charge on any atom is -0.464 e. The van der Waals surface area contributed by atoms with Crippen LogP contribution in [0, 0.1) is 0 Å². The highest BCUT2D eigenvalue weighted by atomic mass is 16.4. The third-order valence-electron chi connectivity index (χ3n) is 1.29. The first-order valence-corrected chi connectivity index (χ1v) is 2.86. The van der Waals surface area contributed by atoms with E-state index in [0.29, 0.717) is 0 Å². The van der Waals surface area contributed by atoms with E-state index in [4.69, 9.17) is 10.9 Å². The first-order valence-electron chi connectivity index (χ1n) is 2.86. The molecule has 0 saturated heterocycles. The van der Waals surface area contributed by atoms with Crippen LogP contribution >= 0.6 is 0 Å². The highest BCUT2D eigenvalue weighted by Gasteiger charge is 2.11. The summed E-state index contributed by atoms with van der Waals surface area (Å²) in [6.07, 6.45) is -0.340. The first kappa shape index (κ1) is 8.23. The van der Waals surface area contributed by atoms with E-state index in [-0.39, 0.29) is 6.04 Å². The first-order chi connectivity index (χ1) is 4.09. The quantitative estimate of drug-likeness (QED) is 0.329. The van der Waals surface area contributed by atoms with E-state index >= 15 is 0 Å². The highest BCUT2D eigenvalue weighted by Crippen LogP contribution is 1.96. The van der Waals surface area contributed by atoms with E-state index in [1.807, 2.05) is 6.92 Å². The van der Waals surface area contributed by atoms with Gasteiger partial charge in [0.1, 0.15) is 0 Å². The van der Waals surface area contributed by atoms with Gasteiger partial charge in [-0.1, -0.05) is 6.92 Å². The Kier molecular flexibility index (Phi) is 3.01. The molecule has 9 heavy (non-hydrogen) atoms. The largest absolute Gasteiger partial charge is 0.464 e. The van der Waals surface area contributed by atoms with Gasteiger partial charge < -0.3 is 5.11 Å². The number of nitrogens with zero attached hydrogens (tertiary/aromatic N) is 1. The number of hydrazine groups is 1. The SMILES string of the molecule is CCC(C)N(N)C(=O)O. The Balaban J connectivity index is 3.72. The van der Waals surface area contributed by atoms with E-state index in [0.717, 1.165) is 11.4 Å². The number of carbonyl (C=O) groups is 1. The second-order valence-corrected chi connectivity index (χ2v) is 1.95. The predicted octanol–water partition coefficient (Wildman–Crippen LogP) is 0.639. The van der Waals surface area contributed by atoms with Crippen LogP contribution in [0.1, 0.15) is 20.3 Å². The maximum atomic E-state index is 10.1. The molecule has 0 spiro atoms. The normalized spacial score (nSPS) is 12.8. The predicted molar refractivity (Wildman–Crippen MR) is 33.8 cm³/mol. The smallest absolute Gasteiger partial charge is 0.421 e. The monoisotopic (exact) mass is 132 g/mol. The molecule has 0 aromatic carbocycles. The Labute approximate surface area is 54.2 Å². The van der Waals surface area contributed by atoms with Gasteiger partial charge in [-0.25, -0.2) is 15.6 Å². The fourth-order valence-corrected chi connectivity index (χ4v) is 0.385. The van der Waals surface area contributed by atoms with Crippen LogP contribution in [0.5, 0.6) is 0 Å². The van der Waals surface area contributed by atoms with Gasteiger partial charge in [-0.05, 0) is 13.3 Å². The molecule has 4 nitrogen and oxygen atoms in total. The molecule has 0 radical (unpaired) electrons. The molecule has 0 bridgehead atoms. The van der Waals surface area contributed by atoms with Gasteiger partial charge in [-0.2, -0.15) is 0 Å². The number of hydrogen-bond donors (Lipinski definition) is 2. The molecule has 0 aliphatic rings. The fraction of sp³-hybridized carbons (Fsp3) is 0.800. The van der Waals surface area contributed by atoms with Crippen molar-refractivity contribution >= 4 is 6.09 Å². The van der Waals surface area contributed by atoms with Gasteiger partial charge in [0.25, 0.3) is 0 Å². The third kappa shape index (κ3) is 2.32. The molecule has 1 unspecified atom stereocenters. The van der Waals surface area contributed by atoms with E-state index in [1.165, 1.54) is 0 Å². The topological polar surface area (TPSA) is 66.6 Å². The molecule has 1 atom stereocenters. The molecule has 54 valence electrons. The Hall–Kier alpha value is -0.770. The number of amides is 1. The summed E-state index contributed by atoms with van der Waals surface area (Å²) in [5.74, 6) is 5.10. The van der Waals surface area contributed by atoms with Gasteiger partial charge in [-0.15, -0.1) is 0 Å². The molecular weight excluding hydrogens is 120 g/mol. The van der Waals surface area contributed by atoms with Crippen molar-refractivity contribution in [1.29, 1.82) is 0 Å². The van der Waals surface area contributed by atoms with Crippen molar-refractivity contribution in [3.05, 3.63) is 0 Å². The van der Waals surface area contributed by atoms with E-state index < -0.39 is 6.09 Å². The molecule has 0 aliphatic heterocycles. The second kappa shape index (κ2) is 3.29. The Morgan fingerprint density at radius 2 is 2.33 bits per heavy atom. The van der Waals surface area contributed by atoms with Gasteiger partial charge >= 0.3 is 6.09 Å². The lowest BCUT2D eigenvalue weighted by molar-refractivity contribution is 0.127. The van der Waals surface area contributed by atoms with Gasteiger partial charge in [-0.3, -0.25) is 0 Å². The van der Waals surface area contributed by atoms with E-state index in [2.05, 4.69) is 0 Å². The molecule has 0 fully saturated rings. The summed E-state index contributed by atoms with van der Waals surface area (Å²) in [6.45, 7) is 3.64. The number of nitrogens with two attached hydrogens (primary N) is 1. The van der Waals surface area contributed by atoms with Crippen LogP contribution in [0.4, 0.5) is 4.79 Å². The van der Waals surface area contributed by atoms with Gasteiger partial charge in [0.15, 0.2) is 0 Å². The molecule has 0 aliphatic carbocycles. The molecule has 4 heteroatoms. The molecule has 1 amide bonds. The average molecular weight is 132 g/mol. The summed E-state index contributed by atoms with van der Waals surface area (Å²) in [7, 11) is 0. The van der Waals surface area contributed by atoms with Crippen molar-refractivity contribution in [2.75, 3.05) is 0 Å². The van der Waals surface area contributed by atoms with Crippen LogP contribution in [0.3, 0.4) is 0 Å². The van der Waals surface area contributed by atoms with Crippen molar-refractivity contribution < 1.29 is 9.90 Å². The minimum absolute atomic E-state index is 0.0949. The third-order valence-corrected chi connectivity index (χ3v) is 1.29. The van der Waals surface area contributed by atoms with Gasteiger partial charge in [0, 0.05) is 6.04 Å². The van der Waals surface area contributed by atoms with Gasteiger partial charge in [0.2, 0.25) is 0 Å². The maximum absolute atomic E-state index is 10.1. The molecule has 0 rings (SSSR count). The van der Waals surface area contributed by atoms with Crippen LogP contribution in [0.2, 0.25) is 0 Å². The zero-order valence-electron chi connectivity index (χ0n) is 5.66. The van der Waals surface area contributed by atoms with Crippen LogP contribution in [0.25, 0.3) is 0 Å². The van der Waals surface area contributed by atoms with Crippen molar-refractivity contribution in [3.8, 4) is 0 Å². The summed E-state index contributed by atoms with van der Waals surface area (Å²) in [4.78, 5) is 10.1. The van der Waals surface area contributed by atoms with Crippen molar-refractivity contribution in [2.24, 2.45) is 5.84 Å². The lowest BCUT2D eigenvalue weighted by Crippen LogP contribution is -2.42. The molecule has 0 aromatic heterocycles. The van der Waals surface area contributed by atoms with Crippen LogP contribution in [-0.2, 0) is 0 Å². The van der Waals surface area contributed by atoms with Crippen LogP contribution in [0.15, 0.2) is 0 Å². The molecule has 0 saturated carbocycles. The fourth-order valence-electron chi connectivity index (χ4n) is 0.385. The van der Waals surface area contributed by atoms with Crippen molar-refractivity contribution in [1.82, 2.24) is 5.01 Å². The minimum atomic E-state index is -1.08. The summed E-state index contributed by atoms with van der Waals surface area (Å²) >= 11 is 0. The standard InChI is InChI=1S/C5H12N2O2/c1-3-4(2)7(6)5(8)9/h4H,3,6H2,1-2H3,(H,8,9). The zero-order chi connectivity index (χ0) is 7.44. The Morgan fingerprint density at radius 1 is 1.89 bits per heavy atom. The van der Waals surface area contributed by atoms with E-state index in [1.54, 1.807) is 6.92 Å². The molecule has 3 N–H and O–H groups in total. The van der Waals surface area contributed by atoms with Crippen LogP contribution in [-0.4, -0.2) is 22.3 Å². The molecule has 0 aromatic rings. The van der Waals surface area contributed by atoms with Crippen molar-refractivity contribution in [3.63, 3.8) is 0 Å². The maximum Gasteiger partial charge on any atom is 0.421 e. The average Bonchev–Trinajstić information content (AvgIpc) is 1.84. The lowest BCUT2D eigenvalue weighted by atomic mass is 10.3. The van der Waals surface area contributed by atoms with Crippen LogP contribution < -0.4 is 5.84 Å². The van der Waals surface area contributed by atoms with Crippen molar-refractivity contribution in [2.45, 2.75) is 26.3 Å². The number of hydrogen-bond acceptors (Lipinski definition) is 2. The summed E-state index contributed by atoms with van der Waals surface area (Å²) in [6, 6.07) is -0.0949. The summed E-state index contributed by atoms with van der Waals surface area (Å²) in [5, 5.41) is 9.09. The molecule has 0 heterocycles. The highest BCUT2D eigenvalue weighted by molar-refractivity contribution is 5.64. The van der Waals surface area contributed by atoms with E-state index in [9.17, 15) is 4.79 Å². The number of carboxylic acid groups (broad SMARTS) is 1. The second-order valence-electron chi connectivity index (χ2n) is 1.95. The Bertz CT molecular complexity index is 105. The Morgan fingerprint density at radius 3 is 2.44 bits per heavy atom.